The number of nitro benzene ring substituents is 1. The molecule has 32 heavy (non-hydrogen) atoms. The summed E-state index contributed by atoms with van der Waals surface area (Å²) in [6.45, 7) is 0. The zero-order valence-corrected chi connectivity index (χ0v) is 16.2. The van der Waals surface area contributed by atoms with Crippen molar-refractivity contribution in [3.8, 4) is 0 Å². The molecule has 1 heterocycles. The molecule has 0 saturated carbocycles. The van der Waals surface area contributed by atoms with Gasteiger partial charge in [0, 0.05) is 23.8 Å². The summed E-state index contributed by atoms with van der Waals surface area (Å²) in [6, 6.07) is 14.3. The third kappa shape index (κ3) is 3.49. The van der Waals surface area contributed by atoms with Crippen LogP contribution < -0.4 is 4.90 Å². The van der Waals surface area contributed by atoms with Gasteiger partial charge in [0.2, 0.25) is 0 Å². The first-order valence-electron chi connectivity index (χ1n) is 9.35. The predicted octanol–water partition coefficient (Wildman–Crippen LogP) is 4.50. The Bertz CT molecular complexity index is 1290. The Morgan fingerprint density at radius 3 is 2.34 bits per heavy atom. The quantitative estimate of drug-likeness (QED) is 0.213. The second kappa shape index (κ2) is 8.03. The largest absolute Gasteiger partial charge is 0.507 e. The Morgan fingerprint density at radius 1 is 0.969 bits per heavy atom. The molecule has 1 saturated heterocycles. The number of carbonyl (C=O) groups excluding carboxylic acids is 2. The van der Waals surface area contributed by atoms with Crippen LogP contribution in [0.25, 0.3) is 5.76 Å². The summed E-state index contributed by atoms with van der Waals surface area (Å²) >= 11 is 0. The summed E-state index contributed by atoms with van der Waals surface area (Å²) in [7, 11) is 0. The molecule has 0 spiro atoms. The van der Waals surface area contributed by atoms with E-state index in [0.717, 1.165) is 23.1 Å². The van der Waals surface area contributed by atoms with Gasteiger partial charge in [0.25, 0.3) is 17.4 Å². The smallest absolute Gasteiger partial charge is 0.300 e. The zero-order valence-electron chi connectivity index (χ0n) is 16.2. The van der Waals surface area contributed by atoms with E-state index in [2.05, 4.69) is 0 Å². The van der Waals surface area contributed by atoms with Crippen molar-refractivity contribution < 1.29 is 28.4 Å². The first-order chi connectivity index (χ1) is 15.3. The number of non-ortho nitro benzene ring substituents is 1. The van der Waals surface area contributed by atoms with Crippen molar-refractivity contribution in [2.75, 3.05) is 4.90 Å². The summed E-state index contributed by atoms with van der Waals surface area (Å²) in [5.41, 5.74) is -0.727. The number of carbonyl (C=O) groups is 2. The first kappa shape index (κ1) is 20.9. The van der Waals surface area contributed by atoms with Gasteiger partial charge in [-0.1, -0.05) is 42.5 Å². The molecule has 160 valence electrons. The van der Waals surface area contributed by atoms with E-state index in [1.165, 1.54) is 18.2 Å². The molecule has 1 N–H and O–H groups in total. The fourth-order valence-electron chi connectivity index (χ4n) is 3.63. The molecule has 1 aliphatic rings. The van der Waals surface area contributed by atoms with Crippen molar-refractivity contribution in [2.24, 2.45) is 0 Å². The summed E-state index contributed by atoms with van der Waals surface area (Å²) in [5, 5.41) is 22.0. The maximum Gasteiger partial charge on any atom is 0.300 e. The number of nitrogens with zero attached hydrogens (tertiary/aromatic N) is 2. The lowest BCUT2D eigenvalue weighted by Gasteiger charge is -2.25. The number of aliphatic hydroxyl groups is 1. The molecule has 0 bridgehead atoms. The molecule has 0 aliphatic carbocycles. The zero-order chi connectivity index (χ0) is 23.0. The van der Waals surface area contributed by atoms with E-state index in [9.17, 15) is 33.6 Å². The summed E-state index contributed by atoms with van der Waals surface area (Å²) in [5.74, 6) is -4.81. The lowest BCUT2D eigenvalue weighted by molar-refractivity contribution is -0.384. The van der Waals surface area contributed by atoms with Crippen LogP contribution in [0.1, 0.15) is 17.2 Å². The predicted molar refractivity (Wildman–Crippen MR) is 111 cm³/mol. The number of hydrogen-bond acceptors (Lipinski definition) is 5. The average Bonchev–Trinajstić information content (AvgIpc) is 3.04. The average molecular weight is 436 g/mol. The Kier molecular flexibility index (Phi) is 5.23. The number of ketones is 1. The number of benzene rings is 3. The van der Waals surface area contributed by atoms with Crippen molar-refractivity contribution in [1.29, 1.82) is 0 Å². The van der Waals surface area contributed by atoms with Gasteiger partial charge >= 0.3 is 0 Å². The van der Waals surface area contributed by atoms with Crippen molar-refractivity contribution in [3.05, 3.63) is 111 Å². The van der Waals surface area contributed by atoms with Crippen molar-refractivity contribution >= 4 is 28.8 Å². The molecule has 1 aliphatic heterocycles. The fraction of sp³-hybridized carbons (Fsp3) is 0.0435. The van der Waals surface area contributed by atoms with Crippen LogP contribution in [0.3, 0.4) is 0 Å². The summed E-state index contributed by atoms with van der Waals surface area (Å²) in [4.78, 5) is 37.1. The van der Waals surface area contributed by atoms with Crippen molar-refractivity contribution in [3.63, 3.8) is 0 Å². The molecular weight excluding hydrogens is 422 g/mol. The topological polar surface area (TPSA) is 101 Å². The van der Waals surface area contributed by atoms with E-state index < -0.39 is 40.0 Å². The molecule has 1 atom stereocenters. The molecule has 3 aromatic carbocycles. The number of hydrogen-bond donors (Lipinski definition) is 1. The fourth-order valence-corrected chi connectivity index (χ4v) is 3.63. The van der Waals surface area contributed by atoms with Crippen molar-refractivity contribution in [2.45, 2.75) is 6.04 Å². The first-order valence-corrected chi connectivity index (χ1v) is 9.35. The third-order valence-corrected chi connectivity index (χ3v) is 5.06. The molecule has 9 heteroatoms. The molecule has 4 rings (SSSR count). The van der Waals surface area contributed by atoms with Crippen LogP contribution in [0.5, 0.6) is 0 Å². The van der Waals surface area contributed by atoms with Gasteiger partial charge < -0.3 is 5.11 Å². The molecule has 7 nitrogen and oxygen atoms in total. The van der Waals surface area contributed by atoms with Crippen LogP contribution in [0.4, 0.5) is 20.2 Å². The van der Waals surface area contributed by atoms with Crippen LogP contribution >= 0.6 is 0 Å². The van der Waals surface area contributed by atoms with Gasteiger partial charge in [0.05, 0.1) is 22.2 Å². The van der Waals surface area contributed by atoms with Crippen LogP contribution in [0.15, 0.2) is 78.4 Å². The second-order valence-corrected chi connectivity index (χ2v) is 6.98. The van der Waals surface area contributed by atoms with E-state index in [-0.39, 0.29) is 22.5 Å². The molecule has 1 unspecified atom stereocenters. The van der Waals surface area contributed by atoms with Gasteiger partial charge in [-0.15, -0.1) is 0 Å². The maximum atomic E-state index is 14.6. The van der Waals surface area contributed by atoms with Gasteiger partial charge in [-0.05, 0) is 17.7 Å². The van der Waals surface area contributed by atoms with E-state index in [1.54, 1.807) is 30.3 Å². The normalized spacial score (nSPS) is 17.6. The second-order valence-electron chi connectivity index (χ2n) is 6.98. The number of rotatable bonds is 4. The highest BCUT2D eigenvalue weighted by molar-refractivity contribution is 6.51. The van der Waals surface area contributed by atoms with Crippen LogP contribution in [0.2, 0.25) is 0 Å². The van der Waals surface area contributed by atoms with Gasteiger partial charge in [0.15, 0.2) is 0 Å². The molecule has 3 aromatic rings. The van der Waals surface area contributed by atoms with Crippen molar-refractivity contribution in [1.82, 2.24) is 0 Å². The Labute approximate surface area is 180 Å². The summed E-state index contributed by atoms with van der Waals surface area (Å²) < 4.78 is 28.0. The van der Waals surface area contributed by atoms with Crippen LogP contribution in [-0.4, -0.2) is 21.7 Å². The lowest BCUT2D eigenvalue weighted by Crippen LogP contribution is -2.30. The monoisotopic (exact) mass is 436 g/mol. The van der Waals surface area contributed by atoms with E-state index in [1.807, 2.05) is 0 Å². The SMILES string of the molecule is O=C1C(=O)N(c2ccc(F)cc2F)C(c2ccccc2)/C1=C(\O)c1cccc([N+](=O)[O-])c1. The number of nitro groups is 1. The molecule has 1 amide bonds. The Hall–Kier alpha value is -4.40. The minimum atomic E-state index is -1.24. The van der Waals surface area contributed by atoms with Gasteiger partial charge in [0.1, 0.15) is 17.4 Å². The van der Waals surface area contributed by atoms with E-state index in [0.29, 0.717) is 11.6 Å². The maximum absolute atomic E-state index is 14.6. The molecule has 0 radical (unpaired) electrons. The third-order valence-electron chi connectivity index (χ3n) is 5.06. The van der Waals surface area contributed by atoms with E-state index in [4.69, 9.17) is 0 Å². The number of halogens is 2. The van der Waals surface area contributed by atoms with Gasteiger partial charge in [-0.2, -0.15) is 0 Å². The number of Topliss-reactive ketones (excluding diaryl/α,β-unsaturated/α-hetero) is 1. The van der Waals surface area contributed by atoms with Crippen LogP contribution in [-0.2, 0) is 9.59 Å². The highest BCUT2D eigenvalue weighted by Crippen LogP contribution is 2.43. The number of amides is 1. The minimum absolute atomic E-state index is 0.0577. The molecule has 0 aromatic heterocycles. The minimum Gasteiger partial charge on any atom is -0.507 e. The number of anilines is 1. The number of aliphatic hydroxyl groups excluding tert-OH is 1. The molecular formula is C23H14F2N2O5. The Balaban J connectivity index is 1.96. The Morgan fingerprint density at radius 2 is 1.69 bits per heavy atom. The highest BCUT2D eigenvalue weighted by atomic mass is 19.1. The van der Waals surface area contributed by atoms with Crippen LogP contribution in [0, 0.1) is 21.7 Å². The summed E-state index contributed by atoms with van der Waals surface area (Å²) in [6.07, 6.45) is 0. The van der Waals surface area contributed by atoms with Gasteiger partial charge in [-0.25, -0.2) is 8.78 Å². The molecule has 1 fully saturated rings. The standard InChI is InChI=1S/C23H14F2N2O5/c24-15-9-10-18(17(25)12-15)26-20(13-5-2-1-3-6-13)19(22(29)23(26)30)21(28)14-7-4-8-16(11-14)27(31)32/h1-12,20,28H/b21-19+. The van der Waals surface area contributed by atoms with E-state index >= 15 is 0 Å². The van der Waals surface area contributed by atoms with Gasteiger partial charge in [-0.3, -0.25) is 24.6 Å². The lowest BCUT2D eigenvalue weighted by atomic mass is 9.95. The highest BCUT2D eigenvalue weighted by Gasteiger charge is 2.47.